The summed E-state index contributed by atoms with van der Waals surface area (Å²) in [5.41, 5.74) is 0. The molecule has 1 aromatic heterocycles. The predicted octanol–water partition coefficient (Wildman–Crippen LogP) is 0.671. The smallest absolute Gasteiger partial charge is 0.236 e. The Hall–Kier alpha value is -1.43. The molecule has 1 heterocycles. The molecule has 0 fully saturated rings. The van der Waals surface area contributed by atoms with Gasteiger partial charge in [-0.15, -0.1) is 0 Å². The molecule has 0 spiro atoms. The van der Waals surface area contributed by atoms with Crippen molar-refractivity contribution in [3.8, 4) is 0 Å². The second kappa shape index (κ2) is 7.10. The van der Waals surface area contributed by atoms with E-state index in [0.717, 1.165) is 0 Å². The molecule has 0 radical (unpaired) electrons. The fraction of sp³-hybridized carbons (Fsp3) is 0.750. The Morgan fingerprint density at radius 1 is 1.39 bits per heavy atom. The van der Waals surface area contributed by atoms with Crippen LogP contribution in [0.25, 0.3) is 0 Å². The summed E-state index contributed by atoms with van der Waals surface area (Å²) in [6.45, 7) is 9.09. The second-order valence-corrected chi connectivity index (χ2v) is 4.80. The maximum Gasteiger partial charge on any atom is 0.236 e. The highest BCUT2D eigenvalue weighted by Crippen LogP contribution is 1.96. The fourth-order valence-corrected chi connectivity index (χ4v) is 1.39. The number of nitrogens with one attached hydrogen (secondary N) is 2. The molecule has 0 aliphatic rings. The Bertz CT molecular complexity index is 376. The number of amides is 1. The minimum Gasteiger partial charge on any atom is -0.354 e. The molecule has 0 aromatic carbocycles. The lowest BCUT2D eigenvalue weighted by Gasteiger charge is -2.14. The lowest BCUT2D eigenvalue weighted by Crippen LogP contribution is -2.43. The van der Waals surface area contributed by atoms with Crippen LogP contribution in [-0.4, -0.2) is 35.2 Å². The van der Waals surface area contributed by atoms with E-state index in [0.29, 0.717) is 37.1 Å². The highest BCUT2D eigenvalue weighted by molar-refractivity contribution is 5.81. The lowest BCUT2D eigenvalue weighted by atomic mass is 10.2. The first-order valence-electron chi connectivity index (χ1n) is 6.29. The number of aromatic nitrogens is 2. The average Bonchev–Trinajstić information content (AvgIpc) is 2.71. The first-order valence-corrected chi connectivity index (χ1v) is 6.29. The molecular weight excluding hydrogens is 232 g/mol. The molecule has 6 nitrogen and oxygen atoms in total. The maximum atomic E-state index is 11.7. The summed E-state index contributed by atoms with van der Waals surface area (Å²) in [6, 6.07) is -0.215. The molecular formula is C12H22N4O2. The van der Waals surface area contributed by atoms with Crippen molar-refractivity contribution in [2.75, 3.05) is 13.1 Å². The van der Waals surface area contributed by atoms with Crippen LogP contribution in [0.15, 0.2) is 4.52 Å². The first-order chi connectivity index (χ1) is 8.49. The molecule has 102 valence electrons. The summed E-state index contributed by atoms with van der Waals surface area (Å²) in [4.78, 5) is 15.8. The van der Waals surface area contributed by atoms with Crippen LogP contribution in [0.5, 0.6) is 0 Å². The van der Waals surface area contributed by atoms with Gasteiger partial charge in [-0.1, -0.05) is 19.0 Å². The van der Waals surface area contributed by atoms with Gasteiger partial charge in [-0.2, -0.15) is 4.98 Å². The number of carbonyl (C=O) groups excluding carboxylic acids is 1. The number of carbonyl (C=O) groups is 1. The maximum absolute atomic E-state index is 11.7. The number of rotatable bonds is 7. The summed E-state index contributed by atoms with van der Waals surface area (Å²) >= 11 is 0. The highest BCUT2D eigenvalue weighted by Gasteiger charge is 2.12. The van der Waals surface area contributed by atoms with Gasteiger partial charge in [-0.3, -0.25) is 4.79 Å². The molecule has 18 heavy (non-hydrogen) atoms. The van der Waals surface area contributed by atoms with E-state index in [4.69, 9.17) is 4.52 Å². The van der Waals surface area contributed by atoms with E-state index in [-0.39, 0.29) is 11.9 Å². The molecule has 2 N–H and O–H groups in total. The van der Waals surface area contributed by atoms with E-state index >= 15 is 0 Å². The molecule has 1 rings (SSSR count). The second-order valence-electron chi connectivity index (χ2n) is 4.80. The number of nitrogens with zero attached hydrogens (tertiary/aromatic N) is 2. The summed E-state index contributed by atoms with van der Waals surface area (Å²) < 4.78 is 4.98. The van der Waals surface area contributed by atoms with Crippen molar-refractivity contribution in [2.24, 2.45) is 5.92 Å². The van der Waals surface area contributed by atoms with Crippen molar-refractivity contribution >= 4 is 5.91 Å². The zero-order chi connectivity index (χ0) is 13.5. The van der Waals surface area contributed by atoms with Crippen LogP contribution in [0.2, 0.25) is 0 Å². The quantitative estimate of drug-likeness (QED) is 0.747. The van der Waals surface area contributed by atoms with E-state index in [1.165, 1.54) is 0 Å². The lowest BCUT2D eigenvalue weighted by molar-refractivity contribution is -0.122. The largest absolute Gasteiger partial charge is 0.354 e. The third kappa shape index (κ3) is 5.27. The van der Waals surface area contributed by atoms with Crippen LogP contribution in [0.4, 0.5) is 0 Å². The van der Waals surface area contributed by atoms with Crippen LogP contribution < -0.4 is 10.6 Å². The molecule has 0 bridgehead atoms. The molecule has 0 saturated heterocycles. The van der Waals surface area contributed by atoms with Crippen LogP contribution in [0, 0.1) is 12.8 Å². The van der Waals surface area contributed by atoms with E-state index in [1.54, 1.807) is 6.92 Å². The van der Waals surface area contributed by atoms with Crippen LogP contribution in [0.3, 0.4) is 0 Å². The normalized spacial score (nSPS) is 12.7. The van der Waals surface area contributed by atoms with Crippen molar-refractivity contribution in [3.63, 3.8) is 0 Å². The zero-order valence-electron chi connectivity index (χ0n) is 11.5. The van der Waals surface area contributed by atoms with Crippen molar-refractivity contribution in [1.29, 1.82) is 0 Å². The van der Waals surface area contributed by atoms with E-state index in [2.05, 4.69) is 34.6 Å². The molecule has 1 aromatic rings. The Balaban J connectivity index is 2.20. The van der Waals surface area contributed by atoms with E-state index in [9.17, 15) is 4.79 Å². The Morgan fingerprint density at radius 2 is 2.11 bits per heavy atom. The number of hydrogen-bond donors (Lipinski definition) is 2. The molecule has 0 aliphatic carbocycles. The number of aryl methyl sites for hydroxylation is 1. The summed E-state index contributed by atoms with van der Waals surface area (Å²) in [5.74, 6) is 1.70. The van der Waals surface area contributed by atoms with Gasteiger partial charge in [0.15, 0.2) is 5.82 Å². The molecule has 0 saturated carbocycles. The van der Waals surface area contributed by atoms with Gasteiger partial charge in [0, 0.05) is 19.5 Å². The van der Waals surface area contributed by atoms with Gasteiger partial charge >= 0.3 is 0 Å². The SMILES string of the molecule is Cc1noc(CCNC(C)C(=O)NCC(C)C)n1. The summed E-state index contributed by atoms with van der Waals surface area (Å²) in [7, 11) is 0. The topological polar surface area (TPSA) is 80.0 Å². The van der Waals surface area contributed by atoms with Crippen LogP contribution in [-0.2, 0) is 11.2 Å². The number of hydrogen-bond acceptors (Lipinski definition) is 5. The first kappa shape index (κ1) is 14.6. The third-order valence-corrected chi connectivity index (χ3v) is 2.44. The van der Waals surface area contributed by atoms with Gasteiger partial charge in [0.1, 0.15) is 0 Å². The monoisotopic (exact) mass is 254 g/mol. The average molecular weight is 254 g/mol. The minimum atomic E-state index is -0.215. The van der Waals surface area contributed by atoms with Gasteiger partial charge in [0.2, 0.25) is 11.8 Å². The Morgan fingerprint density at radius 3 is 2.67 bits per heavy atom. The van der Waals surface area contributed by atoms with Crippen LogP contribution in [0.1, 0.15) is 32.5 Å². The van der Waals surface area contributed by atoms with Gasteiger partial charge in [0.25, 0.3) is 0 Å². The standard InChI is InChI=1S/C12H22N4O2/c1-8(2)7-14-12(17)9(3)13-6-5-11-15-10(4)16-18-11/h8-9,13H,5-7H2,1-4H3,(H,14,17). The Kier molecular flexibility index (Phi) is 5.77. The molecule has 1 atom stereocenters. The molecule has 1 unspecified atom stereocenters. The summed E-state index contributed by atoms with van der Waals surface area (Å²) in [5, 5.41) is 9.71. The van der Waals surface area contributed by atoms with Gasteiger partial charge in [-0.25, -0.2) is 0 Å². The fourth-order valence-electron chi connectivity index (χ4n) is 1.39. The van der Waals surface area contributed by atoms with Crippen molar-refractivity contribution in [2.45, 2.75) is 40.2 Å². The van der Waals surface area contributed by atoms with E-state index in [1.807, 2.05) is 6.92 Å². The Labute approximate surface area is 108 Å². The van der Waals surface area contributed by atoms with Crippen molar-refractivity contribution in [3.05, 3.63) is 11.7 Å². The molecule has 6 heteroatoms. The van der Waals surface area contributed by atoms with Gasteiger partial charge in [0.05, 0.1) is 6.04 Å². The van der Waals surface area contributed by atoms with Gasteiger partial charge in [-0.05, 0) is 19.8 Å². The summed E-state index contributed by atoms with van der Waals surface area (Å²) in [6.07, 6.45) is 0.628. The predicted molar refractivity (Wildman–Crippen MR) is 68.1 cm³/mol. The van der Waals surface area contributed by atoms with Crippen LogP contribution >= 0.6 is 0 Å². The molecule has 1 amide bonds. The molecule has 0 aliphatic heterocycles. The van der Waals surface area contributed by atoms with Gasteiger partial charge < -0.3 is 15.2 Å². The highest BCUT2D eigenvalue weighted by atomic mass is 16.5. The van der Waals surface area contributed by atoms with E-state index < -0.39 is 0 Å². The minimum absolute atomic E-state index is 0.0189. The van der Waals surface area contributed by atoms with Crippen molar-refractivity contribution < 1.29 is 9.32 Å². The zero-order valence-corrected chi connectivity index (χ0v) is 11.5. The van der Waals surface area contributed by atoms with Crippen molar-refractivity contribution in [1.82, 2.24) is 20.8 Å². The third-order valence-electron chi connectivity index (χ3n) is 2.44.